The summed E-state index contributed by atoms with van der Waals surface area (Å²) in [7, 11) is 0. The summed E-state index contributed by atoms with van der Waals surface area (Å²) < 4.78 is 4.67. The Labute approximate surface area is 216 Å². The first-order valence-corrected chi connectivity index (χ1v) is 11.5. The first-order valence-electron chi connectivity index (χ1n) is 11.5. The molecule has 2 nitrogen and oxygen atoms in total. The van der Waals surface area contributed by atoms with Crippen LogP contribution in [0.4, 0.5) is 0 Å². The smallest absolute Gasteiger partial charge is 0.171 e. The predicted molar refractivity (Wildman–Crippen MR) is 125 cm³/mol. The molecule has 0 unspecified atom stereocenters. The van der Waals surface area contributed by atoms with Crippen LogP contribution in [0.3, 0.4) is 0 Å². The van der Waals surface area contributed by atoms with Gasteiger partial charge in [0.1, 0.15) is 13.1 Å². The second kappa shape index (κ2) is 14.6. The number of unbranched alkanes of at least 4 members (excludes halogenated alkanes) is 2. The van der Waals surface area contributed by atoms with E-state index >= 15 is 0 Å². The lowest BCUT2D eigenvalue weighted by atomic mass is 10.0. The number of aromatic nitrogens is 2. The van der Waals surface area contributed by atoms with Crippen LogP contribution in [0.15, 0.2) is 61.2 Å². The van der Waals surface area contributed by atoms with Gasteiger partial charge >= 0.3 is 0 Å². The van der Waals surface area contributed by atoms with Gasteiger partial charge in [0.2, 0.25) is 0 Å². The normalized spacial score (nSPS) is 10.4. The molecule has 0 saturated carbocycles. The average molecular weight is 562 g/mol. The Morgan fingerprint density at radius 2 is 0.812 bits per heavy atom. The van der Waals surface area contributed by atoms with Gasteiger partial charge < -0.3 is 34.0 Å². The van der Waals surface area contributed by atoms with Crippen molar-refractivity contribution in [3.63, 3.8) is 0 Å². The molecule has 1 aromatic carbocycles. The SMILES string of the molecule is Cc1cc(C)c[n+](CCCCc2ccc(CCCC[n+]3cc(C)cc(C)c3)cc2)c1.[Br-].[Br-]. The maximum Gasteiger partial charge on any atom is 0.171 e. The van der Waals surface area contributed by atoms with Gasteiger partial charge in [0.15, 0.2) is 24.8 Å². The maximum atomic E-state index is 2.34. The standard InChI is InChI=1S/C28H38N2.2BrH/c1-23-17-24(2)20-29(19-23)15-7-5-9-27-11-13-28(14-12-27)10-6-8-16-30-21-25(3)18-26(4)22-30;;/h11-14,17-22H,5-10,15-16H2,1-4H3;2*1H/q+2;;/p-2. The van der Waals surface area contributed by atoms with Crippen LogP contribution in [0.5, 0.6) is 0 Å². The fraction of sp³-hybridized carbons (Fsp3) is 0.429. The van der Waals surface area contributed by atoms with E-state index in [2.05, 4.69) is 98.0 Å². The highest BCUT2D eigenvalue weighted by molar-refractivity contribution is 5.22. The van der Waals surface area contributed by atoms with E-state index in [0.717, 1.165) is 13.1 Å². The summed E-state index contributed by atoms with van der Waals surface area (Å²) in [6.07, 6.45) is 16.3. The lowest BCUT2D eigenvalue weighted by Crippen LogP contribution is -3.00. The van der Waals surface area contributed by atoms with Crippen molar-refractivity contribution in [1.82, 2.24) is 0 Å². The number of benzene rings is 1. The molecule has 0 N–H and O–H groups in total. The Bertz CT molecular complexity index is 833. The Hall–Kier alpha value is -1.52. The second-order valence-corrected chi connectivity index (χ2v) is 8.99. The van der Waals surface area contributed by atoms with Crippen LogP contribution in [0.1, 0.15) is 59.1 Å². The molecular formula is C28H38Br2N2. The van der Waals surface area contributed by atoms with Crippen LogP contribution in [0.2, 0.25) is 0 Å². The molecule has 0 fully saturated rings. The van der Waals surface area contributed by atoms with Gasteiger partial charge in [-0.1, -0.05) is 24.3 Å². The highest BCUT2D eigenvalue weighted by Gasteiger charge is 2.05. The topological polar surface area (TPSA) is 7.76 Å². The summed E-state index contributed by atoms with van der Waals surface area (Å²) in [5.74, 6) is 0. The third kappa shape index (κ3) is 9.95. The average Bonchev–Trinajstić information content (AvgIpc) is 2.68. The third-order valence-electron chi connectivity index (χ3n) is 5.68. The lowest BCUT2D eigenvalue weighted by molar-refractivity contribution is -0.698. The number of halogens is 2. The Morgan fingerprint density at radius 3 is 1.12 bits per heavy atom. The summed E-state index contributed by atoms with van der Waals surface area (Å²) in [5, 5.41) is 0. The van der Waals surface area contributed by atoms with Gasteiger partial charge in [-0.2, -0.15) is 0 Å². The molecule has 32 heavy (non-hydrogen) atoms. The van der Waals surface area contributed by atoms with E-state index in [1.165, 1.54) is 71.9 Å². The third-order valence-corrected chi connectivity index (χ3v) is 5.68. The zero-order valence-corrected chi connectivity index (χ0v) is 23.3. The molecule has 0 atom stereocenters. The maximum absolute atomic E-state index is 2.34. The van der Waals surface area contributed by atoms with Crippen LogP contribution in [0, 0.1) is 27.7 Å². The van der Waals surface area contributed by atoms with E-state index in [1.807, 2.05) is 0 Å². The number of pyridine rings is 2. The van der Waals surface area contributed by atoms with Crippen molar-refractivity contribution in [1.29, 1.82) is 0 Å². The molecule has 174 valence electrons. The molecule has 0 saturated heterocycles. The Kier molecular flexibility index (Phi) is 13.0. The molecule has 0 spiro atoms. The van der Waals surface area contributed by atoms with Crippen molar-refractivity contribution in [2.24, 2.45) is 0 Å². The van der Waals surface area contributed by atoms with Crippen molar-refractivity contribution in [3.8, 4) is 0 Å². The van der Waals surface area contributed by atoms with Gasteiger partial charge in [-0.15, -0.1) is 0 Å². The van der Waals surface area contributed by atoms with Crippen molar-refractivity contribution >= 4 is 0 Å². The van der Waals surface area contributed by atoms with Gasteiger partial charge in [0.25, 0.3) is 0 Å². The Balaban J connectivity index is 0.00000256. The molecule has 3 rings (SSSR count). The highest BCUT2D eigenvalue weighted by atomic mass is 79.9. The van der Waals surface area contributed by atoms with E-state index < -0.39 is 0 Å². The second-order valence-electron chi connectivity index (χ2n) is 8.99. The van der Waals surface area contributed by atoms with Crippen molar-refractivity contribution in [3.05, 3.63) is 94.6 Å². The van der Waals surface area contributed by atoms with Crippen LogP contribution in [0.25, 0.3) is 0 Å². The number of nitrogens with zero attached hydrogens (tertiary/aromatic N) is 2. The van der Waals surface area contributed by atoms with Gasteiger partial charge in [0, 0.05) is 35.1 Å². The van der Waals surface area contributed by atoms with Gasteiger partial charge in [0.05, 0.1) is 0 Å². The summed E-state index contributed by atoms with van der Waals surface area (Å²) in [5.41, 5.74) is 8.32. The van der Waals surface area contributed by atoms with Crippen LogP contribution < -0.4 is 43.1 Å². The molecule has 0 radical (unpaired) electrons. The number of aryl methyl sites for hydroxylation is 8. The van der Waals surface area contributed by atoms with Gasteiger partial charge in [-0.25, -0.2) is 9.13 Å². The van der Waals surface area contributed by atoms with Gasteiger partial charge in [-0.3, -0.25) is 0 Å². The van der Waals surface area contributed by atoms with E-state index in [0.29, 0.717) is 0 Å². The minimum Gasteiger partial charge on any atom is -1.00 e. The summed E-state index contributed by atoms with van der Waals surface area (Å²) in [6.45, 7) is 10.9. The summed E-state index contributed by atoms with van der Waals surface area (Å²) in [6, 6.07) is 13.8. The fourth-order valence-electron chi connectivity index (χ4n) is 4.37. The van der Waals surface area contributed by atoms with Crippen molar-refractivity contribution < 1.29 is 43.1 Å². The molecule has 0 aliphatic carbocycles. The van der Waals surface area contributed by atoms with Crippen LogP contribution >= 0.6 is 0 Å². The largest absolute Gasteiger partial charge is 1.00 e. The number of rotatable bonds is 10. The number of hydrogen-bond acceptors (Lipinski definition) is 0. The summed E-state index contributed by atoms with van der Waals surface area (Å²) in [4.78, 5) is 0. The fourth-order valence-corrected chi connectivity index (χ4v) is 4.37. The monoisotopic (exact) mass is 560 g/mol. The minimum absolute atomic E-state index is 0. The lowest BCUT2D eigenvalue weighted by Gasteiger charge is -2.05. The molecule has 0 aliphatic rings. The predicted octanol–water partition coefficient (Wildman–Crippen LogP) is -0.451. The molecule has 4 heteroatoms. The number of hydrogen-bond donors (Lipinski definition) is 0. The first kappa shape index (κ1) is 28.5. The highest BCUT2D eigenvalue weighted by Crippen LogP contribution is 2.11. The van der Waals surface area contributed by atoms with Crippen molar-refractivity contribution in [2.75, 3.05) is 0 Å². The Morgan fingerprint density at radius 1 is 0.500 bits per heavy atom. The molecule has 0 aliphatic heterocycles. The first-order chi connectivity index (χ1) is 14.5. The zero-order valence-electron chi connectivity index (χ0n) is 20.1. The van der Waals surface area contributed by atoms with Crippen LogP contribution in [-0.2, 0) is 25.9 Å². The van der Waals surface area contributed by atoms with E-state index in [9.17, 15) is 0 Å². The molecule has 2 heterocycles. The van der Waals surface area contributed by atoms with E-state index in [-0.39, 0.29) is 34.0 Å². The zero-order chi connectivity index (χ0) is 21.3. The van der Waals surface area contributed by atoms with E-state index in [1.54, 1.807) is 0 Å². The molecule has 0 amide bonds. The van der Waals surface area contributed by atoms with Crippen molar-refractivity contribution in [2.45, 2.75) is 79.3 Å². The molecule has 2 aromatic heterocycles. The molecular weight excluding hydrogens is 524 g/mol. The van der Waals surface area contributed by atoms with Gasteiger partial charge in [-0.05, 0) is 76.6 Å². The van der Waals surface area contributed by atoms with E-state index in [4.69, 9.17) is 0 Å². The quantitative estimate of drug-likeness (QED) is 0.234. The minimum atomic E-state index is 0. The summed E-state index contributed by atoms with van der Waals surface area (Å²) >= 11 is 0. The van der Waals surface area contributed by atoms with Crippen LogP contribution in [-0.4, -0.2) is 0 Å². The molecule has 0 bridgehead atoms. The molecule has 3 aromatic rings.